The Morgan fingerprint density at radius 2 is 1.51 bits per heavy atom. The molecule has 3 rings (SSSR count). The number of carboxylic acid groups (broad SMARTS) is 1. The fraction of sp³-hybridized carbons (Fsp3) is 0.357. The van der Waals surface area contributed by atoms with Crippen LogP contribution in [-0.4, -0.2) is 63.7 Å². The number of carbonyl (C=O) groups is 4. The number of fused-ring (bicyclic) bond motifs is 1. The van der Waals surface area contributed by atoms with Gasteiger partial charge in [0.2, 0.25) is 17.7 Å². The van der Waals surface area contributed by atoms with Gasteiger partial charge in [-0.2, -0.15) is 12.6 Å². The van der Waals surface area contributed by atoms with E-state index in [4.69, 9.17) is 5.73 Å². The molecule has 0 bridgehead atoms. The summed E-state index contributed by atoms with van der Waals surface area (Å²) in [6.07, 6.45) is 1.92. The van der Waals surface area contributed by atoms with Crippen molar-refractivity contribution in [1.29, 1.82) is 0 Å². The maximum absolute atomic E-state index is 13.5. The van der Waals surface area contributed by atoms with E-state index in [1.54, 1.807) is 44.3 Å². The Morgan fingerprint density at radius 1 is 0.872 bits per heavy atom. The fourth-order valence-electron chi connectivity index (χ4n) is 4.19. The standard InChI is InChI=1S/C28H35N5O5S/c1-16(2)24(33-25(34)20(29)15-39)27(36)31-22(13-18-14-30-21-11-7-6-10-19(18)21)26(35)32-23(28(37)38)12-17-8-4-3-5-9-17/h3-11,14,16,20,22-24,30,39H,12-13,15,29H2,1-2H3,(H,31,36)(H,32,35)(H,33,34)(H,37,38). The van der Waals surface area contributed by atoms with Gasteiger partial charge in [-0.15, -0.1) is 0 Å². The second-order valence-corrected chi connectivity index (χ2v) is 10.1. The van der Waals surface area contributed by atoms with Gasteiger partial charge in [0.25, 0.3) is 0 Å². The van der Waals surface area contributed by atoms with Crippen molar-refractivity contribution in [1.82, 2.24) is 20.9 Å². The number of benzene rings is 2. The van der Waals surface area contributed by atoms with E-state index in [1.165, 1.54) is 0 Å². The summed E-state index contributed by atoms with van der Waals surface area (Å²) in [6.45, 7) is 3.51. The molecule has 0 aliphatic heterocycles. The smallest absolute Gasteiger partial charge is 0.326 e. The number of thiol groups is 1. The molecule has 3 amide bonds. The number of para-hydroxylation sites is 1. The van der Waals surface area contributed by atoms with Gasteiger partial charge in [-0.05, 0) is 23.1 Å². The van der Waals surface area contributed by atoms with Gasteiger partial charge in [-0.3, -0.25) is 14.4 Å². The lowest BCUT2D eigenvalue weighted by atomic mass is 9.99. The Bertz CT molecular complexity index is 1300. The largest absolute Gasteiger partial charge is 0.480 e. The van der Waals surface area contributed by atoms with Gasteiger partial charge in [-0.25, -0.2) is 4.79 Å². The van der Waals surface area contributed by atoms with Crippen LogP contribution in [0.4, 0.5) is 0 Å². The summed E-state index contributed by atoms with van der Waals surface area (Å²) in [5.41, 5.74) is 8.13. The van der Waals surface area contributed by atoms with Crippen LogP contribution < -0.4 is 21.7 Å². The predicted octanol–water partition coefficient (Wildman–Crippen LogP) is 1.41. The summed E-state index contributed by atoms with van der Waals surface area (Å²) >= 11 is 4.04. The van der Waals surface area contributed by atoms with E-state index >= 15 is 0 Å². The number of H-pyrrole nitrogens is 1. The van der Waals surface area contributed by atoms with Gasteiger partial charge in [0.05, 0.1) is 6.04 Å². The number of amides is 3. The van der Waals surface area contributed by atoms with Gasteiger partial charge in [-0.1, -0.05) is 62.4 Å². The van der Waals surface area contributed by atoms with E-state index in [2.05, 4.69) is 33.6 Å². The van der Waals surface area contributed by atoms with E-state index < -0.39 is 47.9 Å². The predicted molar refractivity (Wildman–Crippen MR) is 152 cm³/mol. The molecule has 1 aromatic heterocycles. The summed E-state index contributed by atoms with van der Waals surface area (Å²) in [7, 11) is 0. The first-order chi connectivity index (χ1) is 18.6. The number of aromatic nitrogens is 1. The van der Waals surface area contributed by atoms with Crippen molar-refractivity contribution in [3.05, 3.63) is 71.9 Å². The molecule has 11 heteroatoms. The van der Waals surface area contributed by atoms with E-state index in [-0.39, 0.29) is 24.5 Å². The van der Waals surface area contributed by atoms with Crippen LogP contribution >= 0.6 is 12.6 Å². The number of aromatic amines is 1. The van der Waals surface area contributed by atoms with Crippen molar-refractivity contribution in [2.75, 3.05) is 5.75 Å². The van der Waals surface area contributed by atoms with E-state index in [1.807, 2.05) is 30.3 Å². The molecule has 7 N–H and O–H groups in total. The second-order valence-electron chi connectivity index (χ2n) is 9.73. The lowest BCUT2D eigenvalue weighted by molar-refractivity contribution is -0.142. The van der Waals surface area contributed by atoms with E-state index in [0.29, 0.717) is 0 Å². The summed E-state index contributed by atoms with van der Waals surface area (Å²) in [5.74, 6) is -3.19. The highest BCUT2D eigenvalue weighted by Crippen LogP contribution is 2.19. The summed E-state index contributed by atoms with van der Waals surface area (Å²) < 4.78 is 0. The molecule has 0 aliphatic carbocycles. The molecule has 4 atom stereocenters. The summed E-state index contributed by atoms with van der Waals surface area (Å²) in [5, 5.41) is 18.6. The molecule has 0 fully saturated rings. The number of aliphatic carboxylic acids is 1. The van der Waals surface area contributed by atoms with Crippen molar-refractivity contribution in [3.63, 3.8) is 0 Å². The highest BCUT2D eigenvalue weighted by molar-refractivity contribution is 7.80. The molecule has 10 nitrogen and oxygen atoms in total. The van der Waals surface area contributed by atoms with Gasteiger partial charge in [0.1, 0.15) is 18.1 Å². The molecular weight excluding hydrogens is 518 g/mol. The van der Waals surface area contributed by atoms with Crippen LogP contribution in [0.15, 0.2) is 60.8 Å². The molecule has 0 radical (unpaired) electrons. The zero-order valence-electron chi connectivity index (χ0n) is 21.9. The first kappa shape index (κ1) is 29.7. The topological polar surface area (TPSA) is 166 Å². The van der Waals surface area contributed by atoms with Gasteiger partial charge < -0.3 is 31.8 Å². The Morgan fingerprint density at radius 3 is 2.15 bits per heavy atom. The highest BCUT2D eigenvalue weighted by atomic mass is 32.1. The maximum Gasteiger partial charge on any atom is 0.326 e. The van der Waals surface area contributed by atoms with E-state index in [0.717, 1.165) is 22.0 Å². The van der Waals surface area contributed by atoms with Crippen molar-refractivity contribution in [2.45, 2.75) is 50.9 Å². The SMILES string of the molecule is CC(C)C(NC(=O)C(N)CS)C(=O)NC(Cc1c[nH]c2ccccc12)C(=O)NC(Cc1ccccc1)C(=O)O. The van der Waals surface area contributed by atoms with Crippen LogP contribution in [-0.2, 0) is 32.0 Å². The zero-order valence-corrected chi connectivity index (χ0v) is 22.8. The third-order valence-electron chi connectivity index (χ3n) is 6.41. The Labute approximate surface area is 232 Å². The van der Waals surface area contributed by atoms with Crippen molar-refractivity contribution >= 4 is 47.2 Å². The van der Waals surface area contributed by atoms with Crippen LogP contribution in [0.1, 0.15) is 25.0 Å². The average Bonchev–Trinajstić information content (AvgIpc) is 3.33. The highest BCUT2D eigenvalue weighted by Gasteiger charge is 2.32. The first-order valence-electron chi connectivity index (χ1n) is 12.7. The van der Waals surface area contributed by atoms with Crippen LogP contribution in [0.5, 0.6) is 0 Å². The number of carboxylic acids is 1. The molecular formula is C28H35N5O5S. The number of nitrogens with one attached hydrogen (secondary N) is 4. The maximum atomic E-state index is 13.5. The van der Waals surface area contributed by atoms with Gasteiger partial charge in [0.15, 0.2) is 0 Å². The van der Waals surface area contributed by atoms with Crippen LogP contribution in [0, 0.1) is 5.92 Å². The molecule has 0 saturated heterocycles. The molecule has 208 valence electrons. The van der Waals surface area contributed by atoms with Gasteiger partial charge >= 0.3 is 5.97 Å². The Balaban J connectivity index is 1.86. The molecule has 3 aromatic rings. The summed E-state index contributed by atoms with van der Waals surface area (Å²) in [6, 6.07) is 12.3. The Kier molecular flexibility index (Phi) is 10.5. The molecule has 4 unspecified atom stereocenters. The fourth-order valence-corrected chi connectivity index (χ4v) is 4.36. The quantitative estimate of drug-likeness (QED) is 0.158. The minimum atomic E-state index is -1.21. The molecule has 0 saturated carbocycles. The van der Waals surface area contributed by atoms with Crippen LogP contribution in [0.3, 0.4) is 0 Å². The normalized spacial score (nSPS) is 14.3. The van der Waals surface area contributed by atoms with Crippen molar-refractivity contribution in [3.8, 4) is 0 Å². The molecule has 0 spiro atoms. The average molecular weight is 554 g/mol. The molecule has 0 aliphatic rings. The molecule has 39 heavy (non-hydrogen) atoms. The van der Waals surface area contributed by atoms with Gasteiger partial charge in [0, 0.05) is 35.7 Å². The van der Waals surface area contributed by atoms with Crippen LogP contribution in [0.2, 0.25) is 0 Å². The zero-order chi connectivity index (χ0) is 28.5. The lowest BCUT2D eigenvalue weighted by Crippen LogP contribution is -2.59. The monoisotopic (exact) mass is 553 g/mol. The molecule has 1 heterocycles. The van der Waals surface area contributed by atoms with Crippen molar-refractivity contribution < 1.29 is 24.3 Å². The minimum Gasteiger partial charge on any atom is -0.480 e. The molecule has 2 aromatic carbocycles. The number of hydrogen-bond acceptors (Lipinski definition) is 6. The number of rotatable bonds is 13. The van der Waals surface area contributed by atoms with Crippen molar-refractivity contribution in [2.24, 2.45) is 11.7 Å². The van der Waals surface area contributed by atoms with E-state index in [9.17, 15) is 24.3 Å². The number of carbonyl (C=O) groups excluding carboxylic acids is 3. The number of nitrogens with two attached hydrogens (primary N) is 1. The third kappa shape index (κ3) is 8.08. The number of hydrogen-bond donors (Lipinski definition) is 7. The Hall–Kier alpha value is -3.83. The first-order valence-corrected chi connectivity index (χ1v) is 13.3. The third-order valence-corrected chi connectivity index (χ3v) is 6.80. The second kappa shape index (κ2) is 13.8. The lowest BCUT2D eigenvalue weighted by Gasteiger charge is -2.27. The van der Waals surface area contributed by atoms with Crippen LogP contribution in [0.25, 0.3) is 10.9 Å². The summed E-state index contributed by atoms with van der Waals surface area (Å²) in [4.78, 5) is 54.4. The minimum absolute atomic E-state index is 0.0714.